The van der Waals surface area contributed by atoms with Crippen molar-refractivity contribution in [2.75, 3.05) is 6.54 Å². The molecule has 0 unspecified atom stereocenters. The number of aromatic nitrogens is 2. The van der Waals surface area contributed by atoms with E-state index in [9.17, 15) is 4.79 Å². The predicted molar refractivity (Wildman–Crippen MR) is 90.2 cm³/mol. The number of urea groups is 1. The molecule has 22 heavy (non-hydrogen) atoms. The van der Waals surface area contributed by atoms with Gasteiger partial charge in [-0.2, -0.15) is 5.10 Å². The van der Waals surface area contributed by atoms with E-state index in [4.69, 9.17) is 0 Å². The largest absolute Gasteiger partial charge is 0.338 e. The number of aryl methyl sites for hydroxylation is 3. The number of thiophene rings is 1. The standard InChI is InChI=1S/C16H24N4OS/c1-11(10-20-14(4)7-13(3)19-20)8-17-16(21)18-9-15-12(2)5-6-22-15/h5-7,11H,8-10H2,1-4H3,(H2,17,18,21)/t11-/m0/s1. The van der Waals surface area contributed by atoms with Crippen LogP contribution in [0.15, 0.2) is 17.5 Å². The first-order chi connectivity index (χ1) is 10.5. The molecule has 5 nitrogen and oxygen atoms in total. The minimum atomic E-state index is -0.118. The fourth-order valence-corrected chi connectivity index (χ4v) is 3.14. The second-order valence-corrected chi connectivity index (χ2v) is 6.81. The van der Waals surface area contributed by atoms with Crippen LogP contribution in [0.5, 0.6) is 0 Å². The highest BCUT2D eigenvalue weighted by Gasteiger charge is 2.09. The Hall–Kier alpha value is -1.82. The van der Waals surface area contributed by atoms with Gasteiger partial charge in [-0.25, -0.2) is 4.79 Å². The van der Waals surface area contributed by atoms with E-state index >= 15 is 0 Å². The third kappa shape index (κ3) is 4.59. The van der Waals surface area contributed by atoms with Gasteiger partial charge in [0.15, 0.2) is 0 Å². The molecule has 2 rings (SSSR count). The summed E-state index contributed by atoms with van der Waals surface area (Å²) in [6, 6.07) is 4.01. The third-order valence-corrected chi connectivity index (χ3v) is 4.60. The molecule has 120 valence electrons. The van der Waals surface area contributed by atoms with Gasteiger partial charge in [-0.05, 0) is 49.8 Å². The van der Waals surface area contributed by atoms with Crippen LogP contribution in [-0.2, 0) is 13.1 Å². The number of amides is 2. The van der Waals surface area contributed by atoms with Crippen LogP contribution in [-0.4, -0.2) is 22.4 Å². The molecule has 0 bridgehead atoms. The molecule has 2 amide bonds. The van der Waals surface area contributed by atoms with Crippen molar-refractivity contribution < 1.29 is 4.79 Å². The lowest BCUT2D eigenvalue weighted by Crippen LogP contribution is -2.38. The lowest BCUT2D eigenvalue weighted by atomic mass is 10.2. The molecule has 0 aliphatic heterocycles. The Balaban J connectivity index is 1.71. The molecular weight excluding hydrogens is 296 g/mol. The van der Waals surface area contributed by atoms with Gasteiger partial charge in [0.05, 0.1) is 12.2 Å². The van der Waals surface area contributed by atoms with E-state index in [0.717, 1.165) is 17.9 Å². The summed E-state index contributed by atoms with van der Waals surface area (Å²) in [5, 5.41) is 12.3. The second kappa shape index (κ2) is 7.45. The van der Waals surface area contributed by atoms with Crippen LogP contribution < -0.4 is 10.6 Å². The molecule has 0 saturated carbocycles. The lowest BCUT2D eigenvalue weighted by molar-refractivity contribution is 0.238. The average Bonchev–Trinajstić information content (AvgIpc) is 3.00. The Bertz CT molecular complexity index is 632. The molecule has 0 fully saturated rings. The molecule has 2 aromatic heterocycles. The summed E-state index contributed by atoms with van der Waals surface area (Å²) in [6.45, 7) is 10.2. The first-order valence-corrected chi connectivity index (χ1v) is 8.39. The Morgan fingerprint density at radius 1 is 1.36 bits per heavy atom. The van der Waals surface area contributed by atoms with Crippen molar-refractivity contribution in [2.24, 2.45) is 5.92 Å². The molecule has 2 N–H and O–H groups in total. The first kappa shape index (κ1) is 16.5. The van der Waals surface area contributed by atoms with Crippen molar-refractivity contribution in [1.82, 2.24) is 20.4 Å². The number of nitrogens with zero attached hydrogens (tertiary/aromatic N) is 2. The van der Waals surface area contributed by atoms with E-state index in [1.165, 1.54) is 10.4 Å². The summed E-state index contributed by atoms with van der Waals surface area (Å²) in [5.74, 6) is 0.326. The van der Waals surface area contributed by atoms with Crippen LogP contribution in [0.4, 0.5) is 4.79 Å². The first-order valence-electron chi connectivity index (χ1n) is 7.51. The number of rotatable bonds is 6. The summed E-state index contributed by atoms with van der Waals surface area (Å²) in [5.41, 5.74) is 3.41. The van der Waals surface area contributed by atoms with E-state index in [2.05, 4.69) is 48.6 Å². The van der Waals surface area contributed by atoms with Gasteiger partial charge in [0.1, 0.15) is 0 Å². The summed E-state index contributed by atoms with van der Waals surface area (Å²) >= 11 is 1.67. The molecule has 0 aromatic carbocycles. The Morgan fingerprint density at radius 2 is 2.14 bits per heavy atom. The van der Waals surface area contributed by atoms with E-state index in [0.29, 0.717) is 19.0 Å². The summed E-state index contributed by atoms with van der Waals surface area (Å²) in [7, 11) is 0. The molecule has 0 aliphatic carbocycles. The van der Waals surface area contributed by atoms with Crippen LogP contribution in [0.3, 0.4) is 0 Å². The van der Waals surface area contributed by atoms with E-state index in [1.807, 2.05) is 17.0 Å². The van der Waals surface area contributed by atoms with Crippen molar-refractivity contribution in [3.63, 3.8) is 0 Å². The molecule has 0 radical (unpaired) electrons. The van der Waals surface area contributed by atoms with E-state index in [1.54, 1.807) is 11.3 Å². The zero-order chi connectivity index (χ0) is 16.1. The van der Waals surface area contributed by atoms with Gasteiger partial charge < -0.3 is 10.6 Å². The highest BCUT2D eigenvalue weighted by molar-refractivity contribution is 7.10. The Labute approximate surface area is 135 Å². The van der Waals surface area contributed by atoms with Crippen molar-refractivity contribution in [2.45, 2.75) is 40.8 Å². The summed E-state index contributed by atoms with van der Waals surface area (Å²) in [4.78, 5) is 13.0. The fourth-order valence-electron chi connectivity index (χ4n) is 2.29. The SMILES string of the molecule is Cc1cc(C)n(C[C@@H](C)CNC(=O)NCc2sccc2C)n1. The molecule has 6 heteroatoms. The quantitative estimate of drug-likeness (QED) is 0.859. The summed E-state index contributed by atoms with van der Waals surface area (Å²) in [6.07, 6.45) is 0. The Kier molecular flexibility index (Phi) is 5.60. The molecule has 0 spiro atoms. The average molecular weight is 320 g/mol. The number of hydrogen-bond donors (Lipinski definition) is 2. The Morgan fingerprint density at radius 3 is 2.73 bits per heavy atom. The maximum atomic E-state index is 11.8. The smallest absolute Gasteiger partial charge is 0.315 e. The van der Waals surface area contributed by atoms with Crippen molar-refractivity contribution in [3.8, 4) is 0 Å². The fraction of sp³-hybridized carbons (Fsp3) is 0.500. The van der Waals surface area contributed by atoms with Crippen molar-refractivity contribution in [3.05, 3.63) is 39.3 Å². The second-order valence-electron chi connectivity index (χ2n) is 5.80. The summed E-state index contributed by atoms with van der Waals surface area (Å²) < 4.78 is 1.99. The maximum Gasteiger partial charge on any atom is 0.315 e. The van der Waals surface area contributed by atoms with E-state index < -0.39 is 0 Å². The molecule has 0 saturated heterocycles. The van der Waals surface area contributed by atoms with Gasteiger partial charge in [-0.15, -0.1) is 11.3 Å². The monoisotopic (exact) mass is 320 g/mol. The minimum Gasteiger partial charge on any atom is -0.338 e. The van der Waals surface area contributed by atoms with Gasteiger partial charge in [0.2, 0.25) is 0 Å². The van der Waals surface area contributed by atoms with Gasteiger partial charge >= 0.3 is 6.03 Å². The zero-order valence-electron chi connectivity index (χ0n) is 13.6. The third-order valence-electron chi connectivity index (χ3n) is 3.58. The number of carbonyl (C=O) groups excluding carboxylic acids is 1. The topological polar surface area (TPSA) is 59.0 Å². The van der Waals surface area contributed by atoms with Crippen LogP contribution in [0.1, 0.15) is 28.8 Å². The number of carbonyl (C=O) groups is 1. The highest BCUT2D eigenvalue weighted by atomic mass is 32.1. The lowest BCUT2D eigenvalue weighted by Gasteiger charge is -2.14. The number of nitrogens with one attached hydrogen (secondary N) is 2. The van der Waals surface area contributed by atoms with Crippen molar-refractivity contribution >= 4 is 17.4 Å². The maximum absolute atomic E-state index is 11.8. The van der Waals surface area contributed by atoms with Gasteiger partial charge in [-0.3, -0.25) is 4.68 Å². The molecular formula is C16H24N4OS. The molecule has 2 aromatic rings. The normalized spacial score (nSPS) is 12.2. The minimum absolute atomic E-state index is 0.118. The van der Waals surface area contributed by atoms with Crippen molar-refractivity contribution in [1.29, 1.82) is 0 Å². The predicted octanol–water partition coefficient (Wildman–Crippen LogP) is 3.01. The van der Waals surface area contributed by atoms with Gasteiger partial charge in [-0.1, -0.05) is 6.92 Å². The zero-order valence-corrected chi connectivity index (χ0v) is 14.5. The van der Waals surface area contributed by atoms with Crippen LogP contribution in [0.2, 0.25) is 0 Å². The van der Waals surface area contributed by atoms with Gasteiger partial charge in [0.25, 0.3) is 0 Å². The highest BCUT2D eigenvalue weighted by Crippen LogP contribution is 2.14. The van der Waals surface area contributed by atoms with Crippen LogP contribution >= 0.6 is 11.3 Å². The molecule has 1 atom stereocenters. The van der Waals surface area contributed by atoms with Crippen LogP contribution in [0, 0.1) is 26.7 Å². The van der Waals surface area contributed by atoms with Crippen LogP contribution in [0.25, 0.3) is 0 Å². The number of hydrogen-bond acceptors (Lipinski definition) is 3. The molecule has 2 heterocycles. The molecule has 0 aliphatic rings. The van der Waals surface area contributed by atoms with E-state index in [-0.39, 0.29) is 6.03 Å². The van der Waals surface area contributed by atoms with Gasteiger partial charge in [0, 0.05) is 23.7 Å².